The molecule has 0 heterocycles. The molecule has 0 saturated carbocycles. The van der Waals surface area contributed by atoms with Crippen molar-refractivity contribution in [3.8, 4) is 6.07 Å². The summed E-state index contributed by atoms with van der Waals surface area (Å²) in [7, 11) is 1.41. The summed E-state index contributed by atoms with van der Waals surface area (Å²) in [6.07, 6.45) is 1.33. The lowest BCUT2D eigenvalue weighted by Gasteiger charge is -2.07. The molecular formula is C14H15N3O3. The minimum Gasteiger partial charge on any atom is -0.354 e. The number of hydrogen-bond acceptors (Lipinski definition) is 4. The van der Waals surface area contributed by atoms with Gasteiger partial charge in [0.05, 0.1) is 4.92 Å². The molecule has 0 spiro atoms. The van der Waals surface area contributed by atoms with E-state index < -0.39 is 10.8 Å². The van der Waals surface area contributed by atoms with Gasteiger partial charge in [0.2, 0.25) is 0 Å². The Morgan fingerprint density at radius 2 is 2.15 bits per heavy atom. The first kappa shape index (κ1) is 15.4. The molecule has 0 aliphatic carbocycles. The number of hydrogen-bond donors (Lipinski definition) is 1. The third-order valence-electron chi connectivity index (χ3n) is 2.78. The van der Waals surface area contributed by atoms with E-state index >= 15 is 0 Å². The summed E-state index contributed by atoms with van der Waals surface area (Å²) in [5.74, 6) is -0.508. The molecule has 1 rings (SSSR count). The Kier molecular flexibility index (Phi) is 4.98. The lowest BCUT2D eigenvalue weighted by atomic mass is 9.98. The van der Waals surface area contributed by atoms with Gasteiger partial charge >= 0.3 is 0 Å². The highest BCUT2D eigenvalue weighted by Gasteiger charge is 2.17. The van der Waals surface area contributed by atoms with Crippen LogP contribution in [-0.2, 0) is 4.79 Å². The van der Waals surface area contributed by atoms with E-state index in [9.17, 15) is 14.9 Å². The van der Waals surface area contributed by atoms with Gasteiger partial charge in [-0.05, 0) is 17.6 Å². The maximum atomic E-state index is 11.4. The second kappa shape index (κ2) is 6.48. The molecule has 0 aliphatic rings. The Hall–Kier alpha value is -2.68. The summed E-state index contributed by atoms with van der Waals surface area (Å²) in [5.41, 5.74) is 0.953. The van der Waals surface area contributed by atoms with Crippen molar-refractivity contribution in [3.05, 3.63) is 45.0 Å². The average Bonchev–Trinajstić information content (AvgIpc) is 2.43. The summed E-state index contributed by atoms with van der Waals surface area (Å²) < 4.78 is 0. The fourth-order valence-electron chi connectivity index (χ4n) is 1.75. The minimum absolute atomic E-state index is 0.0112. The fourth-order valence-corrected chi connectivity index (χ4v) is 1.75. The van der Waals surface area contributed by atoms with Crippen LogP contribution in [0.4, 0.5) is 5.69 Å². The van der Waals surface area contributed by atoms with Gasteiger partial charge in [-0.3, -0.25) is 14.9 Å². The molecule has 6 heteroatoms. The zero-order chi connectivity index (χ0) is 15.3. The van der Waals surface area contributed by atoms with Crippen molar-refractivity contribution in [2.24, 2.45) is 0 Å². The largest absolute Gasteiger partial charge is 0.354 e. The molecule has 1 amide bonds. The van der Waals surface area contributed by atoms with Crippen LogP contribution in [0.5, 0.6) is 0 Å². The summed E-state index contributed by atoms with van der Waals surface area (Å²) in [6.45, 7) is 3.73. The van der Waals surface area contributed by atoms with Gasteiger partial charge in [0.25, 0.3) is 11.6 Å². The molecule has 0 unspecified atom stereocenters. The topological polar surface area (TPSA) is 96.0 Å². The maximum absolute atomic E-state index is 11.4. The van der Waals surface area contributed by atoms with E-state index in [0.29, 0.717) is 11.1 Å². The number of amides is 1. The van der Waals surface area contributed by atoms with Gasteiger partial charge in [-0.2, -0.15) is 5.26 Å². The SMILES string of the molecule is CNC(=O)/C(C#N)=C\c1ccc(C(C)C)c([N+](=O)[O-])c1. The van der Waals surface area contributed by atoms with Crippen molar-refractivity contribution in [1.29, 1.82) is 5.26 Å². The molecule has 0 atom stereocenters. The van der Waals surface area contributed by atoms with Crippen molar-refractivity contribution in [3.63, 3.8) is 0 Å². The Bertz CT molecular complexity index is 613. The van der Waals surface area contributed by atoms with Crippen LogP contribution in [0.2, 0.25) is 0 Å². The third-order valence-corrected chi connectivity index (χ3v) is 2.78. The van der Waals surface area contributed by atoms with E-state index in [1.807, 2.05) is 13.8 Å². The van der Waals surface area contributed by atoms with Crippen LogP contribution >= 0.6 is 0 Å². The number of nitro benzene ring substituents is 1. The van der Waals surface area contributed by atoms with Gasteiger partial charge in [-0.15, -0.1) is 0 Å². The van der Waals surface area contributed by atoms with Gasteiger partial charge in [0, 0.05) is 18.7 Å². The van der Waals surface area contributed by atoms with Crippen LogP contribution < -0.4 is 5.32 Å². The first-order valence-corrected chi connectivity index (χ1v) is 6.03. The molecule has 1 aromatic rings. The lowest BCUT2D eigenvalue weighted by molar-refractivity contribution is -0.385. The van der Waals surface area contributed by atoms with E-state index in [0.717, 1.165) is 0 Å². The lowest BCUT2D eigenvalue weighted by Crippen LogP contribution is -2.19. The molecule has 6 nitrogen and oxygen atoms in total. The molecule has 1 N–H and O–H groups in total. The van der Waals surface area contributed by atoms with Gasteiger partial charge < -0.3 is 5.32 Å². The van der Waals surface area contributed by atoms with Crippen molar-refractivity contribution in [2.45, 2.75) is 19.8 Å². The van der Waals surface area contributed by atoms with Crippen molar-refractivity contribution in [2.75, 3.05) is 7.05 Å². The van der Waals surface area contributed by atoms with Gasteiger partial charge in [0.1, 0.15) is 11.6 Å². The zero-order valence-electron chi connectivity index (χ0n) is 11.5. The van der Waals surface area contributed by atoms with E-state index in [4.69, 9.17) is 5.26 Å². The van der Waals surface area contributed by atoms with Crippen molar-refractivity contribution in [1.82, 2.24) is 5.32 Å². The number of rotatable bonds is 4. The van der Waals surface area contributed by atoms with Crippen LogP contribution in [0.25, 0.3) is 6.08 Å². The number of nitrogens with zero attached hydrogens (tertiary/aromatic N) is 2. The predicted octanol–water partition coefficient (Wildman–Crippen LogP) is 2.37. The van der Waals surface area contributed by atoms with Crippen molar-refractivity contribution < 1.29 is 9.72 Å². The van der Waals surface area contributed by atoms with Crippen LogP contribution in [-0.4, -0.2) is 17.9 Å². The van der Waals surface area contributed by atoms with Crippen LogP contribution in [0.1, 0.15) is 30.9 Å². The molecule has 0 aliphatic heterocycles. The number of nitriles is 1. The Morgan fingerprint density at radius 3 is 2.60 bits per heavy atom. The molecule has 0 bridgehead atoms. The third kappa shape index (κ3) is 3.42. The summed E-state index contributed by atoms with van der Waals surface area (Å²) in [5, 5.41) is 22.3. The monoisotopic (exact) mass is 273 g/mol. The quantitative estimate of drug-likeness (QED) is 0.394. The highest BCUT2D eigenvalue weighted by atomic mass is 16.6. The Balaban J connectivity index is 3.32. The van der Waals surface area contributed by atoms with Gasteiger partial charge in [-0.25, -0.2) is 0 Å². The molecular weight excluding hydrogens is 258 g/mol. The van der Waals surface area contributed by atoms with E-state index in [1.165, 1.54) is 19.2 Å². The first-order valence-electron chi connectivity index (χ1n) is 6.03. The summed E-state index contributed by atoms with van der Waals surface area (Å²) >= 11 is 0. The van der Waals surface area contributed by atoms with E-state index in [2.05, 4.69) is 5.32 Å². The summed E-state index contributed by atoms with van der Waals surface area (Å²) in [4.78, 5) is 22.0. The summed E-state index contributed by atoms with van der Waals surface area (Å²) in [6, 6.07) is 6.44. The minimum atomic E-state index is -0.525. The van der Waals surface area contributed by atoms with Crippen LogP contribution in [0.15, 0.2) is 23.8 Å². The van der Waals surface area contributed by atoms with Gasteiger partial charge in [-0.1, -0.05) is 26.0 Å². The number of carbonyl (C=O) groups is 1. The smallest absolute Gasteiger partial charge is 0.273 e. The number of nitro groups is 1. The van der Waals surface area contributed by atoms with Crippen molar-refractivity contribution >= 4 is 17.7 Å². The molecule has 0 radical (unpaired) electrons. The molecule has 20 heavy (non-hydrogen) atoms. The normalized spacial score (nSPS) is 11.1. The van der Waals surface area contributed by atoms with E-state index in [-0.39, 0.29) is 17.2 Å². The molecule has 0 aromatic heterocycles. The number of likely N-dealkylation sites (N-methyl/N-ethyl adjacent to an activating group) is 1. The predicted molar refractivity (Wildman–Crippen MR) is 74.8 cm³/mol. The highest BCUT2D eigenvalue weighted by molar-refractivity contribution is 6.01. The molecule has 0 fully saturated rings. The first-order chi connectivity index (χ1) is 9.40. The Morgan fingerprint density at radius 1 is 1.50 bits per heavy atom. The number of carbonyl (C=O) groups excluding carboxylic acids is 1. The Labute approximate surface area is 116 Å². The fraction of sp³-hybridized carbons (Fsp3) is 0.286. The van der Waals surface area contributed by atoms with Gasteiger partial charge in [0.15, 0.2) is 0 Å². The molecule has 0 saturated heterocycles. The van der Waals surface area contributed by atoms with Crippen LogP contribution in [0, 0.1) is 21.4 Å². The highest BCUT2D eigenvalue weighted by Crippen LogP contribution is 2.28. The molecule has 104 valence electrons. The zero-order valence-corrected chi connectivity index (χ0v) is 11.5. The van der Waals surface area contributed by atoms with Crippen LogP contribution in [0.3, 0.4) is 0 Å². The second-order valence-electron chi connectivity index (χ2n) is 4.48. The van der Waals surface area contributed by atoms with E-state index in [1.54, 1.807) is 18.2 Å². The average molecular weight is 273 g/mol. The standard InChI is InChI=1S/C14H15N3O3/c1-9(2)12-5-4-10(7-13(12)17(19)20)6-11(8-15)14(18)16-3/h4-7,9H,1-3H3,(H,16,18)/b11-6-. The second-order valence-corrected chi connectivity index (χ2v) is 4.48. The number of benzene rings is 1. The maximum Gasteiger partial charge on any atom is 0.273 e. The molecule has 1 aromatic carbocycles. The number of nitrogens with one attached hydrogen (secondary N) is 1.